The van der Waals surface area contributed by atoms with Crippen LogP contribution in [0.2, 0.25) is 0 Å². The molecule has 3 rings (SSSR count). The lowest BCUT2D eigenvalue weighted by molar-refractivity contribution is -0.199. The molecule has 0 saturated heterocycles. The van der Waals surface area contributed by atoms with Gasteiger partial charge in [-0.3, -0.25) is 4.98 Å². The topological polar surface area (TPSA) is 30.7 Å². The Morgan fingerprint density at radius 1 is 1.12 bits per heavy atom. The van der Waals surface area contributed by atoms with Gasteiger partial charge in [-0.25, -0.2) is 4.98 Å². The van der Waals surface area contributed by atoms with Crippen molar-refractivity contribution in [3.8, 4) is 11.4 Å². The van der Waals surface area contributed by atoms with Crippen LogP contribution in [0.5, 0.6) is 0 Å². The Morgan fingerprint density at radius 3 is 2.29 bits per heavy atom. The molecule has 0 saturated carbocycles. The molecule has 2 heterocycles. The third-order valence-corrected chi connectivity index (χ3v) is 4.39. The standard InChI is InChI=1S/C18H20F3N3/c1-16(2,3)24-14-5-8-17(4,18(19,20)21)11-13(14)23-15(24)12-6-9-22-10-7-12/h5-10H,11H2,1-4H3. The summed E-state index contributed by atoms with van der Waals surface area (Å²) in [5, 5.41) is 0. The number of pyridine rings is 1. The van der Waals surface area contributed by atoms with Crippen molar-refractivity contribution < 1.29 is 13.2 Å². The molecule has 2 aromatic rings. The Morgan fingerprint density at radius 2 is 1.75 bits per heavy atom. The van der Waals surface area contributed by atoms with Crippen molar-refractivity contribution in [3.63, 3.8) is 0 Å². The molecule has 0 fully saturated rings. The second-order valence-corrected chi connectivity index (χ2v) is 7.43. The molecule has 0 aromatic carbocycles. The van der Waals surface area contributed by atoms with E-state index in [0.717, 1.165) is 11.3 Å². The van der Waals surface area contributed by atoms with Gasteiger partial charge < -0.3 is 4.57 Å². The first-order valence-corrected chi connectivity index (χ1v) is 7.81. The van der Waals surface area contributed by atoms with Gasteiger partial charge in [0.1, 0.15) is 5.82 Å². The quantitative estimate of drug-likeness (QED) is 0.747. The predicted molar refractivity (Wildman–Crippen MR) is 87.4 cm³/mol. The monoisotopic (exact) mass is 335 g/mol. The Hall–Kier alpha value is -2.11. The Bertz CT molecular complexity index is 782. The first kappa shape index (κ1) is 16.7. The van der Waals surface area contributed by atoms with Gasteiger partial charge in [-0.2, -0.15) is 13.2 Å². The molecule has 1 atom stereocenters. The van der Waals surface area contributed by atoms with Gasteiger partial charge in [0.2, 0.25) is 0 Å². The van der Waals surface area contributed by atoms with E-state index in [0.29, 0.717) is 11.5 Å². The minimum Gasteiger partial charge on any atom is -0.319 e. The van der Waals surface area contributed by atoms with Crippen LogP contribution in [-0.2, 0) is 12.0 Å². The summed E-state index contributed by atoms with van der Waals surface area (Å²) in [7, 11) is 0. The number of rotatable bonds is 1. The van der Waals surface area contributed by atoms with Crippen molar-refractivity contribution in [2.75, 3.05) is 0 Å². The van der Waals surface area contributed by atoms with Gasteiger partial charge in [0.15, 0.2) is 0 Å². The summed E-state index contributed by atoms with van der Waals surface area (Å²) >= 11 is 0. The summed E-state index contributed by atoms with van der Waals surface area (Å²) in [5.41, 5.74) is -0.117. The van der Waals surface area contributed by atoms with Crippen LogP contribution in [-0.4, -0.2) is 20.7 Å². The summed E-state index contributed by atoms with van der Waals surface area (Å²) in [6.07, 6.45) is 1.69. The van der Waals surface area contributed by atoms with E-state index in [2.05, 4.69) is 9.97 Å². The number of nitrogens with zero attached hydrogens (tertiary/aromatic N) is 3. The zero-order chi connectivity index (χ0) is 17.8. The fourth-order valence-corrected chi connectivity index (χ4v) is 3.02. The van der Waals surface area contributed by atoms with E-state index in [1.165, 1.54) is 13.0 Å². The highest BCUT2D eigenvalue weighted by Gasteiger charge is 2.51. The smallest absolute Gasteiger partial charge is 0.319 e. The molecule has 6 heteroatoms. The van der Waals surface area contributed by atoms with E-state index in [1.807, 2.05) is 37.5 Å². The number of aromatic nitrogens is 3. The van der Waals surface area contributed by atoms with E-state index in [9.17, 15) is 13.2 Å². The summed E-state index contributed by atoms with van der Waals surface area (Å²) in [6.45, 7) is 7.27. The van der Waals surface area contributed by atoms with E-state index in [-0.39, 0.29) is 12.0 Å². The fourth-order valence-electron chi connectivity index (χ4n) is 3.02. The SMILES string of the molecule is CC(C)(C)n1c(-c2ccncc2)nc2c1C=CC(C)(C(F)(F)F)C2. The molecule has 128 valence electrons. The molecular weight excluding hydrogens is 315 g/mol. The van der Waals surface area contributed by atoms with E-state index < -0.39 is 11.6 Å². The van der Waals surface area contributed by atoms with Crippen LogP contribution in [0.1, 0.15) is 39.1 Å². The minimum absolute atomic E-state index is 0.149. The van der Waals surface area contributed by atoms with Crippen LogP contribution in [0.3, 0.4) is 0 Å². The van der Waals surface area contributed by atoms with E-state index in [4.69, 9.17) is 0 Å². The van der Waals surface area contributed by atoms with Crippen LogP contribution in [0, 0.1) is 5.41 Å². The van der Waals surface area contributed by atoms with Crippen LogP contribution in [0.4, 0.5) is 13.2 Å². The van der Waals surface area contributed by atoms with Gasteiger partial charge in [0, 0.05) is 29.9 Å². The summed E-state index contributed by atoms with van der Waals surface area (Å²) in [4.78, 5) is 8.58. The maximum Gasteiger partial charge on any atom is 0.397 e. The zero-order valence-electron chi connectivity index (χ0n) is 14.1. The van der Waals surface area contributed by atoms with Gasteiger partial charge >= 0.3 is 6.18 Å². The van der Waals surface area contributed by atoms with E-state index in [1.54, 1.807) is 18.5 Å². The molecule has 0 amide bonds. The van der Waals surface area contributed by atoms with Gasteiger partial charge in [0.25, 0.3) is 0 Å². The van der Waals surface area contributed by atoms with E-state index >= 15 is 0 Å². The molecule has 0 bridgehead atoms. The first-order chi connectivity index (χ1) is 11.0. The maximum atomic E-state index is 13.4. The molecule has 2 aromatic heterocycles. The third-order valence-electron chi connectivity index (χ3n) is 4.39. The molecule has 0 spiro atoms. The largest absolute Gasteiger partial charge is 0.397 e. The van der Waals surface area contributed by atoms with Crippen molar-refractivity contribution in [2.24, 2.45) is 5.41 Å². The van der Waals surface area contributed by atoms with Crippen LogP contribution in [0.25, 0.3) is 17.5 Å². The number of hydrogen-bond donors (Lipinski definition) is 0. The zero-order valence-corrected chi connectivity index (χ0v) is 14.1. The van der Waals surface area contributed by atoms with Gasteiger partial charge in [0.05, 0.1) is 16.8 Å². The van der Waals surface area contributed by atoms with Crippen LogP contribution in [0.15, 0.2) is 30.6 Å². The summed E-state index contributed by atoms with van der Waals surface area (Å²) < 4.78 is 42.2. The Labute approximate surface area is 139 Å². The second kappa shape index (κ2) is 5.19. The molecule has 1 unspecified atom stereocenters. The Balaban J connectivity index is 2.19. The molecule has 24 heavy (non-hydrogen) atoms. The van der Waals surface area contributed by atoms with Gasteiger partial charge in [-0.05, 0) is 45.9 Å². The van der Waals surface area contributed by atoms with Gasteiger partial charge in [-0.1, -0.05) is 6.08 Å². The molecular formula is C18H20F3N3. The summed E-state index contributed by atoms with van der Waals surface area (Å²) in [6, 6.07) is 3.64. The van der Waals surface area contributed by atoms with Crippen molar-refractivity contribution in [1.29, 1.82) is 0 Å². The third kappa shape index (κ3) is 2.64. The normalized spacial score (nSPS) is 21.0. The predicted octanol–water partition coefficient (Wildman–Crippen LogP) is 4.84. The average Bonchev–Trinajstić information content (AvgIpc) is 2.85. The highest BCUT2D eigenvalue weighted by Crippen LogP contribution is 2.46. The molecule has 0 radical (unpaired) electrons. The fraction of sp³-hybridized carbons (Fsp3) is 0.444. The molecule has 0 N–H and O–H groups in total. The number of imidazole rings is 1. The maximum absolute atomic E-state index is 13.4. The second-order valence-electron chi connectivity index (χ2n) is 7.43. The van der Waals surface area contributed by atoms with Crippen molar-refractivity contribution in [1.82, 2.24) is 14.5 Å². The average molecular weight is 335 g/mol. The Kier molecular flexibility index (Phi) is 3.62. The van der Waals surface area contributed by atoms with Crippen molar-refractivity contribution in [3.05, 3.63) is 42.0 Å². The van der Waals surface area contributed by atoms with Crippen LogP contribution >= 0.6 is 0 Å². The first-order valence-electron chi connectivity index (χ1n) is 7.81. The van der Waals surface area contributed by atoms with Gasteiger partial charge in [-0.15, -0.1) is 0 Å². The number of hydrogen-bond acceptors (Lipinski definition) is 2. The van der Waals surface area contributed by atoms with Crippen LogP contribution < -0.4 is 0 Å². The number of fused-ring (bicyclic) bond motifs is 1. The molecule has 3 nitrogen and oxygen atoms in total. The van der Waals surface area contributed by atoms with Crippen molar-refractivity contribution >= 4 is 6.08 Å². The number of halogens is 3. The lowest BCUT2D eigenvalue weighted by Crippen LogP contribution is -2.37. The lowest BCUT2D eigenvalue weighted by Gasteiger charge is -2.32. The molecule has 1 aliphatic rings. The summed E-state index contributed by atoms with van der Waals surface area (Å²) in [5.74, 6) is 0.672. The number of alkyl halides is 3. The van der Waals surface area contributed by atoms with Crippen molar-refractivity contribution in [2.45, 2.75) is 45.8 Å². The highest BCUT2D eigenvalue weighted by molar-refractivity contribution is 5.63. The number of allylic oxidation sites excluding steroid dienone is 1. The molecule has 0 aliphatic heterocycles. The lowest BCUT2D eigenvalue weighted by atomic mass is 9.80. The highest BCUT2D eigenvalue weighted by atomic mass is 19.4. The minimum atomic E-state index is -4.30. The molecule has 1 aliphatic carbocycles.